The molecule has 0 spiro atoms. The molecule has 4 nitrogen and oxygen atoms in total. The summed E-state index contributed by atoms with van der Waals surface area (Å²) in [6.07, 6.45) is 6.44. The van der Waals surface area contributed by atoms with Gasteiger partial charge in [-0.05, 0) is 95.5 Å². The molecule has 1 saturated heterocycles. The molecule has 3 radical (unpaired) electrons. The molecule has 0 amide bonds. The molecular formula is C38H63N4Pb. The molecule has 0 saturated carbocycles. The summed E-state index contributed by atoms with van der Waals surface area (Å²) in [5, 5.41) is 6.64. The van der Waals surface area contributed by atoms with E-state index < -0.39 is 0 Å². The fourth-order valence-corrected chi connectivity index (χ4v) is 4.80. The Morgan fingerprint density at radius 1 is 0.977 bits per heavy atom. The zero-order valence-corrected chi connectivity index (χ0v) is 33.0. The second kappa shape index (κ2) is 24.3. The van der Waals surface area contributed by atoms with E-state index in [1.807, 2.05) is 31.3 Å². The summed E-state index contributed by atoms with van der Waals surface area (Å²) in [4.78, 5) is 4.68. The van der Waals surface area contributed by atoms with Crippen LogP contribution in [0, 0.1) is 32.6 Å². The van der Waals surface area contributed by atoms with Crippen LogP contribution in [-0.4, -0.2) is 81.9 Å². The molecule has 1 aliphatic rings. The van der Waals surface area contributed by atoms with E-state index in [0.717, 1.165) is 44.6 Å². The Labute approximate surface area is 282 Å². The zero-order valence-electron chi connectivity index (χ0n) is 29.1. The first-order valence-electron chi connectivity index (χ1n) is 15.9. The van der Waals surface area contributed by atoms with Gasteiger partial charge in [0.1, 0.15) is 0 Å². The molecule has 1 heterocycles. The molecule has 2 aromatic rings. The van der Waals surface area contributed by atoms with Crippen molar-refractivity contribution in [3.8, 4) is 0 Å². The predicted molar refractivity (Wildman–Crippen MR) is 194 cm³/mol. The number of hydrogen-bond acceptors (Lipinski definition) is 4. The van der Waals surface area contributed by atoms with Gasteiger partial charge in [-0.2, -0.15) is 0 Å². The minimum atomic E-state index is 0.495. The number of rotatable bonds is 12. The molecular weight excluding hydrogens is 720 g/mol. The van der Waals surface area contributed by atoms with Crippen molar-refractivity contribution in [3.63, 3.8) is 0 Å². The third-order valence-corrected chi connectivity index (χ3v) is 8.10. The van der Waals surface area contributed by atoms with E-state index in [2.05, 4.69) is 124 Å². The SMILES string of the molecule is C=C1N(C)CCCN1C(C)C(C)C.C=CC(CCNC)CNC(=C)CCc1c(C)cccc1C.Cc1ccccc1.[CH3][Pb]. The monoisotopic (exact) mass is 783 g/mol. The number of hydrogen-bond donors (Lipinski definition) is 2. The minimum absolute atomic E-state index is 0.495. The Balaban J connectivity index is 0.000000675. The number of nitrogens with one attached hydrogen (secondary N) is 2. The molecule has 0 bridgehead atoms. The second-order valence-corrected chi connectivity index (χ2v) is 11.8. The van der Waals surface area contributed by atoms with Crippen LogP contribution in [0.15, 0.2) is 85.9 Å². The first-order chi connectivity index (χ1) is 20.5. The van der Waals surface area contributed by atoms with E-state index in [1.54, 1.807) is 0 Å². The predicted octanol–water partition coefficient (Wildman–Crippen LogP) is 8.09. The summed E-state index contributed by atoms with van der Waals surface area (Å²) in [6, 6.07) is 17.4. The first-order valence-corrected chi connectivity index (χ1v) is 19.8. The molecule has 43 heavy (non-hydrogen) atoms. The Bertz CT molecular complexity index is 1010. The molecule has 3 rings (SSSR count). The molecule has 0 aliphatic carbocycles. The molecule has 1 aliphatic heterocycles. The van der Waals surface area contributed by atoms with Crippen molar-refractivity contribution in [2.24, 2.45) is 11.8 Å². The quantitative estimate of drug-likeness (QED) is 0.169. The van der Waals surface area contributed by atoms with Gasteiger partial charge in [-0.25, -0.2) is 0 Å². The molecule has 1 fully saturated rings. The third-order valence-electron chi connectivity index (χ3n) is 8.10. The summed E-state index contributed by atoms with van der Waals surface area (Å²) in [5.41, 5.74) is 6.65. The number of allylic oxidation sites excluding steroid dienone is 1. The van der Waals surface area contributed by atoms with Gasteiger partial charge >= 0.3 is 30.3 Å². The van der Waals surface area contributed by atoms with Gasteiger partial charge in [0.25, 0.3) is 0 Å². The van der Waals surface area contributed by atoms with Gasteiger partial charge in [0.05, 0.1) is 5.82 Å². The van der Waals surface area contributed by atoms with Crippen LogP contribution in [0.3, 0.4) is 0 Å². The first kappa shape index (κ1) is 40.9. The van der Waals surface area contributed by atoms with E-state index in [-0.39, 0.29) is 0 Å². The normalized spacial score (nSPS) is 13.8. The van der Waals surface area contributed by atoms with Crippen LogP contribution >= 0.6 is 0 Å². The summed E-state index contributed by atoms with van der Waals surface area (Å²) >= 11 is 1.31. The molecule has 2 atom stereocenters. The van der Waals surface area contributed by atoms with Crippen molar-refractivity contribution in [1.82, 2.24) is 20.4 Å². The van der Waals surface area contributed by atoms with Crippen molar-refractivity contribution < 1.29 is 0 Å². The van der Waals surface area contributed by atoms with E-state index in [9.17, 15) is 0 Å². The molecule has 5 heteroatoms. The summed E-state index contributed by atoms with van der Waals surface area (Å²) in [7, 11) is 4.11. The van der Waals surface area contributed by atoms with E-state index in [4.69, 9.17) is 0 Å². The van der Waals surface area contributed by atoms with Gasteiger partial charge in [-0.1, -0.05) is 87.2 Å². The fourth-order valence-electron chi connectivity index (χ4n) is 4.80. The van der Waals surface area contributed by atoms with Crippen LogP contribution < -0.4 is 10.6 Å². The summed E-state index contributed by atoms with van der Waals surface area (Å²) < 4.78 is 2.14. The van der Waals surface area contributed by atoms with Crippen molar-refractivity contribution in [1.29, 1.82) is 0 Å². The van der Waals surface area contributed by atoms with Crippen LogP contribution in [0.2, 0.25) is 4.48 Å². The van der Waals surface area contributed by atoms with E-state index in [1.165, 1.54) is 66.8 Å². The Morgan fingerprint density at radius 3 is 2.07 bits per heavy atom. The van der Waals surface area contributed by atoms with Gasteiger partial charge in [0, 0.05) is 38.4 Å². The molecule has 2 N–H and O–H groups in total. The second-order valence-electron chi connectivity index (χ2n) is 11.8. The maximum absolute atomic E-state index is 4.15. The Kier molecular flexibility index (Phi) is 23.1. The summed E-state index contributed by atoms with van der Waals surface area (Å²) in [6.45, 7) is 29.7. The molecule has 2 unspecified atom stereocenters. The van der Waals surface area contributed by atoms with Crippen molar-refractivity contribution in [2.75, 3.05) is 40.3 Å². The van der Waals surface area contributed by atoms with Crippen LogP contribution in [0.5, 0.6) is 0 Å². The Hall–Kier alpha value is -2.06. The van der Waals surface area contributed by atoms with E-state index >= 15 is 0 Å². The van der Waals surface area contributed by atoms with E-state index in [0.29, 0.717) is 17.9 Å². The maximum atomic E-state index is 4.15. The van der Waals surface area contributed by atoms with Gasteiger partial charge in [0.2, 0.25) is 0 Å². The van der Waals surface area contributed by atoms with Crippen LogP contribution in [0.1, 0.15) is 62.3 Å². The number of benzene rings is 2. The third kappa shape index (κ3) is 17.1. The Morgan fingerprint density at radius 2 is 1.58 bits per heavy atom. The zero-order chi connectivity index (χ0) is 32.8. The number of nitrogens with zero attached hydrogens (tertiary/aromatic N) is 2. The van der Waals surface area contributed by atoms with Gasteiger partial charge in [-0.3, -0.25) is 0 Å². The van der Waals surface area contributed by atoms with Crippen LogP contribution in [-0.2, 0) is 6.42 Å². The standard InChI is InChI=1S/C19H30N2.C11H22N2.C7H8.CH3.Pb/c1-6-18(12-13-20-5)14-21-17(4)10-11-19-15(2)8-7-9-16(19)3;1-9(2)10(3)13-8-6-7-12(5)11(13)4;1-7-5-3-2-4-6-7;;/h6-9,18,20-21H,1,4,10-14H2,2-3,5H3;9-10H,4,6-8H2,1-3,5H3;2-6H,1H3;1H3;. The average Bonchev–Trinajstić information content (AvgIpc) is 3.00. The molecule has 0 aromatic heterocycles. The molecule has 2 aromatic carbocycles. The van der Waals surface area contributed by atoms with Gasteiger partial charge in [0.15, 0.2) is 0 Å². The van der Waals surface area contributed by atoms with Crippen molar-refractivity contribution >= 4 is 25.8 Å². The summed E-state index contributed by atoms with van der Waals surface area (Å²) in [5.74, 6) is 2.38. The van der Waals surface area contributed by atoms with Crippen LogP contribution in [0.25, 0.3) is 0 Å². The topological polar surface area (TPSA) is 30.5 Å². The molecule has 239 valence electrons. The fraction of sp³-hybridized carbons (Fsp3) is 0.526. The van der Waals surface area contributed by atoms with Gasteiger partial charge < -0.3 is 20.4 Å². The number of aryl methyl sites for hydroxylation is 3. The van der Waals surface area contributed by atoms with Crippen molar-refractivity contribution in [3.05, 3.63) is 108 Å². The van der Waals surface area contributed by atoms with Crippen LogP contribution in [0.4, 0.5) is 0 Å². The van der Waals surface area contributed by atoms with Crippen molar-refractivity contribution in [2.45, 2.75) is 77.8 Å². The van der Waals surface area contributed by atoms with Gasteiger partial charge in [-0.15, -0.1) is 6.58 Å². The average molecular weight is 783 g/mol.